The Bertz CT molecular complexity index is 744. The topological polar surface area (TPSA) is 102 Å². The van der Waals surface area contributed by atoms with Crippen LogP contribution in [0.1, 0.15) is 35.0 Å². The van der Waals surface area contributed by atoms with Crippen molar-refractivity contribution in [1.29, 1.82) is 0 Å². The molecule has 0 radical (unpaired) electrons. The largest absolute Gasteiger partial charge is 0.369 e. The van der Waals surface area contributed by atoms with E-state index in [0.29, 0.717) is 11.1 Å². The van der Waals surface area contributed by atoms with Gasteiger partial charge in [-0.15, -0.1) is 0 Å². The van der Waals surface area contributed by atoms with E-state index < -0.39 is 18.2 Å². The summed E-state index contributed by atoms with van der Waals surface area (Å²) in [4.78, 5) is 39.6. The second kappa shape index (κ2) is 6.12. The molecule has 1 aromatic rings. The fraction of sp³-hybridized carbons (Fsp3) is 0.471. The van der Waals surface area contributed by atoms with Gasteiger partial charge in [-0.2, -0.15) is 0 Å². The maximum absolute atomic E-state index is 12.8. The van der Waals surface area contributed by atoms with E-state index in [1.807, 2.05) is 6.07 Å². The highest BCUT2D eigenvalue weighted by Crippen LogP contribution is 2.37. The van der Waals surface area contributed by atoms with Crippen molar-refractivity contribution in [2.24, 2.45) is 0 Å². The number of nitrogens with zero attached hydrogens (tertiary/aromatic N) is 2. The summed E-state index contributed by atoms with van der Waals surface area (Å²) in [7, 11) is 0. The van der Waals surface area contributed by atoms with E-state index in [2.05, 4.69) is 15.5 Å². The van der Waals surface area contributed by atoms with Crippen LogP contribution in [0.25, 0.3) is 0 Å². The summed E-state index contributed by atoms with van der Waals surface area (Å²) in [5, 5.41) is 16.1. The van der Waals surface area contributed by atoms with E-state index in [9.17, 15) is 19.5 Å². The molecule has 2 atom stereocenters. The van der Waals surface area contributed by atoms with Crippen LogP contribution in [0.5, 0.6) is 0 Å². The number of piperazine rings is 1. The van der Waals surface area contributed by atoms with Gasteiger partial charge in [0.2, 0.25) is 11.8 Å². The number of nitrogens with one attached hydrogen (secondary N) is 2. The Hall–Kier alpha value is -2.45. The summed E-state index contributed by atoms with van der Waals surface area (Å²) in [5.41, 5.74) is 1.87. The average Bonchev–Trinajstić information content (AvgIpc) is 2.87. The zero-order valence-electron chi connectivity index (χ0n) is 13.7. The number of hydrogen-bond donors (Lipinski definition) is 3. The van der Waals surface area contributed by atoms with E-state index >= 15 is 0 Å². The maximum Gasteiger partial charge on any atom is 0.257 e. The van der Waals surface area contributed by atoms with Gasteiger partial charge in [0, 0.05) is 49.4 Å². The normalized spacial score (nSPS) is 26.7. The third-order valence-corrected chi connectivity index (χ3v) is 5.07. The van der Waals surface area contributed by atoms with Crippen LogP contribution in [0, 0.1) is 0 Å². The van der Waals surface area contributed by atoms with Crippen LogP contribution < -0.4 is 15.5 Å². The van der Waals surface area contributed by atoms with Crippen molar-refractivity contribution in [2.75, 3.05) is 31.1 Å². The highest BCUT2D eigenvalue weighted by molar-refractivity contribution is 6.06. The highest BCUT2D eigenvalue weighted by Gasteiger charge is 2.44. The van der Waals surface area contributed by atoms with Gasteiger partial charge >= 0.3 is 0 Å². The molecule has 0 saturated carbocycles. The van der Waals surface area contributed by atoms with Crippen molar-refractivity contribution in [3.63, 3.8) is 0 Å². The van der Waals surface area contributed by atoms with E-state index in [1.165, 1.54) is 4.90 Å². The fourth-order valence-corrected chi connectivity index (χ4v) is 3.73. The van der Waals surface area contributed by atoms with Crippen molar-refractivity contribution in [2.45, 2.75) is 25.1 Å². The first kappa shape index (κ1) is 16.0. The van der Waals surface area contributed by atoms with Gasteiger partial charge in [0.05, 0.1) is 0 Å². The summed E-state index contributed by atoms with van der Waals surface area (Å²) in [6, 6.07) is 4.61. The van der Waals surface area contributed by atoms with E-state index in [-0.39, 0.29) is 24.7 Å². The second-order valence-electron chi connectivity index (χ2n) is 6.56. The number of carbonyl (C=O) groups excluding carboxylic acids is 3. The van der Waals surface area contributed by atoms with Gasteiger partial charge < -0.3 is 15.3 Å². The first-order chi connectivity index (χ1) is 12.1. The highest BCUT2D eigenvalue weighted by atomic mass is 16.3. The van der Waals surface area contributed by atoms with Crippen LogP contribution >= 0.6 is 0 Å². The summed E-state index contributed by atoms with van der Waals surface area (Å²) >= 11 is 0. The molecule has 3 N–H and O–H groups in total. The molecule has 3 aliphatic rings. The molecule has 3 aliphatic heterocycles. The van der Waals surface area contributed by atoms with Gasteiger partial charge in [-0.1, -0.05) is 6.07 Å². The number of amides is 3. The van der Waals surface area contributed by atoms with Crippen LogP contribution in [-0.4, -0.2) is 59.9 Å². The minimum Gasteiger partial charge on any atom is -0.369 e. The van der Waals surface area contributed by atoms with Gasteiger partial charge in [-0.3, -0.25) is 24.6 Å². The molecular weight excluding hydrogens is 324 g/mol. The quantitative estimate of drug-likeness (QED) is 0.616. The third-order valence-electron chi connectivity index (χ3n) is 5.07. The lowest BCUT2D eigenvalue weighted by atomic mass is 10.0. The van der Waals surface area contributed by atoms with Crippen LogP contribution in [0.3, 0.4) is 0 Å². The Kier molecular flexibility index (Phi) is 3.93. The summed E-state index contributed by atoms with van der Waals surface area (Å²) in [6.07, 6.45) is -0.773. The van der Waals surface area contributed by atoms with E-state index in [4.69, 9.17) is 0 Å². The number of fused-ring (bicyclic) bond motifs is 1. The summed E-state index contributed by atoms with van der Waals surface area (Å²) < 4.78 is 0. The number of aliphatic hydroxyl groups excluding tert-OH is 1. The van der Waals surface area contributed by atoms with E-state index in [1.54, 1.807) is 12.1 Å². The minimum atomic E-state index is -1.16. The van der Waals surface area contributed by atoms with Crippen molar-refractivity contribution in [1.82, 2.24) is 15.5 Å². The van der Waals surface area contributed by atoms with Crippen molar-refractivity contribution in [3.8, 4) is 0 Å². The van der Waals surface area contributed by atoms with Crippen LogP contribution in [0.4, 0.5) is 5.69 Å². The number of rotatable bonds is 2. The van der Waals surface area contributed by atoms with E-state index in [0.717, 1.165) is 31.9 Å². The average molecular weight is 344 g/mol. The Morgan fingerprint density at radius 3 is 2.60 bits per heavy atom. The van der Waals surface area contributed by atoms with Gasteiger partial charge in [0.15, 0.2) is 6.23 Å². The molecule has 4 rings (SSSR count). The molecule has 8 heteroatoms. The number of benzene rings is 1. The Morgan fingerprint density at radius 1 is 1.12 bits per heavy atom. The van der Waals surface area contributed by atoms with Gasteiger partial charge in [-0.05, 0) is 18.6 Å². The molecule has 132 valence electrons. The lowest BCUT2D eigenvalue weighted by Crippen LogP contribution is -2.53. The Labute approximate surface area is 144 Å². The van der Waals surface area contributed by atoms with Crippen LogP contribution in [0.2, 0.25) is 0 Å². The lowest BCUT2D eigenvalue weighted by molar-refractivity contribution is -0.139. The zero-order chi connectivity index (χ0) is 17.6. The standard InChI is InChI=1S/C17H20N4O4/c22-14-4-3-13(15(23)19-14)21-16(24)11-2-1-10(9-12(11)17(21)25)20-7-5-18-6-8-20/h1-2,9,13,16,18,24H,3-8H2,(H,19,22,23). The number of carbonyl (C=O) groups is 3. The maximum atomic E-state index is 12.8. The monoisotopic (exact) mass is 344 g/mol. The molecule has 25 heavy (non-hydrogen) atoms. The molecule has 3 amide bonds. The molecule has 2 fully saturated rings. The van der Waals surface area contributed by atoms with Crippen LogP contribution in [-0.2, 0) is 9.59 Å². The van der Waals surface area contributed by atoms with Gasteiger partial charge in [0.1, 0.15) is 6.04 Å². The molecular formula is C17H20N4O4. The molecule has 2 unspecified atom stereocenters. The molecule has 0 aromatic heterocycles. The van der Waals surface area contributed by atoms with Crippen molar-refractivity contribution >= 4 is 23.4 Å². The molecule has 3 heterocycles. The Morgan fingerprint density at radius 2 is 1.88 bits per heavy atom. The summed E-state index contributed by atoms with van der Waals surface area (Å²) in [5.74, 6) is -1.24. The number of anilines is 1. The first-order valence-electron chi connectivity index (χ1n) is 8.50. The number of aliphatic hydroxyl groups is 1. The molecule has 0 spiro atoms. The van der Waals surface area contributed by atoms with Crippen molar-refractivity contribution < 1.29 is 19.5 Å². The fourth-order valence-electron chi connectivity index (χ4n) is 3.73. The van der Waals surface area contributed by atoms with Crippen molar-refractivity contribution in [3.05, 3.63) is 29.3 Å². The molecule has 8 nitrogen and oxygen atoms in total. The SMILES string of the molecule is O=C1CCC(N2C(=O)c3cc(N4CCNCC4)ccc3C2O)C(=O)N1. The molecule has 0 aliphatic carbocycles. The first-order valence-corrected chi connectivity index (χ1v) is 8.50. The van der Waals surface area contributed by atoms with Crippen LogP contribution in [0.15, 0.2) is 18.2 Å². The third kappa shape index (κ3) is 2.67. The minimum absolute atomic E-state index is 0.162. The number of imide groups is 1. The Balaban J connectivity index is 1.62. The second-order valence-corrected chi connectivity index (χ2v) is 6.56. The molecule has 2 saturated heterocycles. The molecule has 1 aromatic carbocycles. The predicted octanol–water partition coefficient (Wildman–Crippen LogP) is -0.652. The number of piperidine rings is 1. The zero-order valence-corrected chi connectivity index (χ0v) is 13.7. The van der Waals surface area contributed by atoms with Gasteiger partial charge in [0.25, 0.3) is 5.91 Å². The smallest absolute Gasteiger partial charge is 0.257 e. The molecule has 0 bridgehead atoms. The number of hydrogen-bond acceptors (Lipinski definition) is 6. The summed E-state index contributed by atoms with van der Waals surface area (Å²) in [6.45, 7) is 3.48. The van der Waals surface area contributed by atoms with Gasteiger partial charge in [-0.25, -0.2) is 0 Å². The predicted molar refractivity (Wildman–Crippen MR) is 88.8 cm³/mol. The lowest BCUT2D eigenvalue weighted by Gasteiger charge is -2.31.